The Hall–Kier alpha value is -2.01. The molecule has 3 rings (SSSR count). The van der Waals surface area contributed by atoms with E-state index in [2.05, 4.69) is 19.2 Å². The predicted molar refractivity (Wildman–Crippen MR) is 106 cm³/mol. The Morgan fingerprint density at radius 1 is 0.885 bits per heavy atom. The Balaban J connectivity index is 1.88. The summed E-state index contributed by atoms with van der Waals surface area (Å²) < 4.78 is 0. The van der Waals surface area contributed by atoms with Crippen molar-refractivity contribution in [1.82, 2.24) is 0 Å². The number of benzene rings is 2. The quantitative estimate of drug-likeness (QED) is 0.673. The third-order valence-corrected chi connectivity index (χ3v) is 5.12. The topological polar surface area (TPSA) is 49.4 Å². The molecule has 26 heavy (non-hydrogen) atoms. The van der Waals surface area contributed by atoms with Crippen LogP contribution in [0.4, 0.5) is 11.4 Å². The number of hydrogen-bond donors (Lipinski definition) is 1. The van der Waals surface area contributed by atoms with E-state index in [9.17, 15) is 9.59 Å². The fourth-order valence-corrected chi connectivity index (χ4v) is 3.08. The van der Waals surface area contributed by atoms with E-state index >= 15 is 0 Å². The standard InChI is InChI=1S/C19H15Cl3N2O2/c1-10(2)11-3-6-13(7-4-11)24-18(25)16(22)17(19(24)26)23-12-5-8-14(20)15(21)9-12/h3-10,23H,1-2H3. The lowest BCUT2D eigenvalue weighted by Crippen LogP contribution is -2.32. The number of halogens is 3. The molecule has 0 aromatic heterocycles. The van der Waals surface area contributed by atoms with Crippen molar-refractivity contribution in [3.63, 3.8) is 0 Å². The molecule has 1 N–H and O–H groups in total. The lowest BCUT2D eigenvalue weighted by atomic mass is 10.0. The normalized spacial score (nSPS) is 14.6. The van der Waals surface area contributed by atoms with Crippen molar-refractivity contribution in [2.24, 2.45) is 0 Å². The van der Waals surface area contributed by atoms with E-state index in [0.29, 0.717) is 27.3 Å². The molecular formula is C19H15Cl3N2O2. The maximum Gasteiger partial charge on any atom is 0.283 e. The summed E-state index contributed by atoms with van der Waals surface area (Å²) in [5, 5.41) is 3.40. The van der Waals surface area contributed by atoms with E-state index < -0.39 is 11.8 Å². The summed E-state index contributed by atoms with van der Waals surface area (Å²) in [7, 11) is 0. The number of carbonyl (C=O) groups is 2. The van der Waals surface area contributed by atoms with Crippen molar-refractivity contribution in [2.75, 3.05) is 10.2 Å². The van der Waals surface area contributed by atoms with Crippen LogP contribution in [-0.2, 0) is 9.59 Å². The number of rotatable bonds is 4. The molecule has 0 atom stereocenters. The second-order valence-electron chi connectivity index (χ2n) is 6.13. The molecule has 0 fully saturated rings. The van der Waals surface area contributed by atoms with E-state index in [0.717, 1.165) is 10.5 Å². The first-order chi connectivity index (χ1) is 12.3. The zero-order valence-corrected chi connectivity index (χ0v) is 16.3. The maximum absolute atomic E-state index is 12.7. The molecule has 0 radical (unpaired) electrons. The highest BCUT2D eigenvalue weighted by atomic mass is 35.5. The Kier molecular flexibility index (Phi) is 5.28. The van der Waals surface area contributed by atoms with Crippen molar-refractivity contribution in [1.29, 1.82) is 0 Å². The van der Waals surface area contributed by atoms with Crippen molar-refractivity contribution >= 4 is 58.0 Å². The van der Waals surface area contributed by atoms with Gasteiger partial charge in [-0.3, -0.25) is 9.59 Å². The summed E-state index contributed by atoms with van der Waals surface area (Å²) in [6.45, 7) is 4.14. The summed E-state index contributed by atoms with van der Waals surface area (Å²) in [5.74, 6) is -0.748. The van der Waals surface area contributed by atoms with E-state index in [-0.39, 0.29) is 10.7 Å². The molecule has 1 aliphatic rings. The third-order valence-electron chi connectivity index (χ3n) is 4.03. The van der Waals surface area contributed by atoms with Crippen LogP contribution in [0.25, 0.3) is 0 Å². The molecule has 0 bridgehead atoms. The van der Waals surface area contributed by atoms with Gasteiger partial charge in [-0.05, 0) is 41.8 Å². The molecule has 4 nitrogen and oxygen atoms in total. The van der Waals surface area contributed by atoms with Gasteiger partial charge >= 0.3 is 0 Å². The van der Waals surface area contributed by atoms with Crippen LogP contribution >= 0.6 is 34.8 Å². The predicted octanol–water partition coefficient (Wildman–Crippen LogP) is 5.55. The van der Waals surface area contributed by atoms with E-state index in [1.165, 1.54) is 0 Å². The summed E-state index contributed by atoms with van der Waals surface area (Å²) >= 11 is 18.0. The first-order valence-electron chi connectivity index (χ1n) is 7.90. The largest absolute Gasteiger partial charge is 0.350 e. The maximum atomic E-state index is 12.7. The van der Waals surface area contributed by atoms with Gasteiger partial charge in [0.1, 0.15) is 10.7 Å². The van der Waals surface area contributed by atoms with Gasteiger partial charge in [0.05, 0.1) is 15.7 Å². The van der Waals surface area contributed by atoms with Gasteiger partial charge in [0.2, 0.25) is 0 Å². The van der Waals surface area contributed by atoms with Gasteiger partial charge in [-0.1, -0.05) is 60.8 Å². The fraction of sp³-hybridized carbons (Fsp3) is 0.158. The highest BCUT2D eigenvalue weighted by molar-refractivity contribution is 6.53. The first kappa shape index (κ1) is 18.8. The fourth-order valence-electron chi connectivity index (χ4n) is 2.57. The molecule has 0 unspecified atom stereocenters. The number of imide groups is 1. The summed E-state index contributed by atoms with van der Waals surface area (Å²) in [6, 6.07) is 12.0. The van der Waals surface area contributed by atoms with E-state index in [1.54, 1.807) is 30.3 Å². The van der Waals surface area contributed by atoms with Crippen LogP contribution in [0.1, 0.15) is 25.3 Å². The van der Waals surface area contributed by atoms with Gasteiger partial charge in [-0.15, -0.1) is 0 Å². The first-order valence-corrected chi connectivity index (χ1v) is 9.03. The van der Waals surface area contributed by atoms with Gasteiger partial charge in [-0.25, -0.2) is 4.90 Å². The molecule has 2 aromatic carbocycles. The number of anilines is 2. The smallest absolute Gasteiger partial charge is 0.283 e. The molecule has 2 amide bonds. The zero-order chi connectivity index (χ0) is 19.0. The molecule has 0 spiro atoms. The molecule has 1 heterocycles. The number of amides is 2. The minimum atomic E-state index is -0.573. The van der Waals surface area contributed by atoms with Crippen LogP contribution in [0.5, 0.6) is 0 Å². The molecule has 1 aliphatic heterocycles. The summed E-state index contributed by atoms with van der Waals surface area (Å²) in [4.78, 5) is 26.3. The monoisotopic (exact) mass is 408 g/mol. The highest BCUT2D eigenvalue weighted by Gasteiger charge is 2.38. The van der Waals surface area contributed by atoms with Crippen LogP contribution in [-0.4, -0.2) is 11.8 Å². The molecule has 134 valence electrons. The third kappa shape index (κ3) is 3.45. The van der Waals surface area contributed by atoms with Crippen LogP contribution < -0.4 is 10.2 Å². The second kappa shape index (κ2) is 7.31. The number of nitrogens with zero attached hydrogens (tertiary/aromatic N) is 1. The minimum Gasteiger partial charge on any atom is -0.350 e. The van der Waals surface area contributed by atoms with Crippen molar-refractivity contribution in [3.05, 3.63) is 68.8 Å². The van der Waals surface area contributed by atoms with Crippen LogP contribution in [0.15, 0.2) is 53.2 Å². The van der Waals surface area contributed by atoms with Crippen molar-refractivity contribution in [3.8, 4) is 0 Å². The molecule has 7 heteroatoms. The lowest BCUT2D eigenvalue weighted by molar-refractivity contribution is -0.120. The van der Waals surface area contributed by atoms with Crippen molar-refractivity contribution < 1.29 is 9.59 Å². The van der Waals surface area contributed by atoms with Gasteiger partial charge in [0.15, 0.2) is 0 Å². The second-order valence-corrected chi connectivity index (χ2v) is 7.33. The Morgan fingerprint density at radius 2 is 1.54 bits per heavy atom. The summed E-state index contributed by atoms with van der Waals surface area (Å²) in [6.07, 6.45) is 0. The molecule has 0 aliphatic carbocycles. The average molecular weight is 410 g/mol. The van der Waals surface area contributed by atoms with Gasteiger partial charge in [0.25, 0.3) is 11.8 Å². The number of hydrogen-bond acceptors (Lipinski definition) is 3. The van der Waals surface area contributed by atoms with Crippen LogP contribution in [0.2, 0.25) is 10.0 Å². The minimum absolute atomic E-state index is 0.00277. The SMILES string of the molecule is CC(C)c1ccc(N2C(=O)C(Cl)=C(Nc3ccc(Cl)c(Cl)c3)C2=O)cc1. The molecule has 0 saturated heterocycles. The molecule has 0 saturated carbocycles. The lowest BCUT2D eigenvalue weighted by Gasteiger charge is -2.16. The average Bonchev–Trinajstić information content (AvgIpc) is 2.82. The van der Waals surface area contributed by atoms with E-state index in [1.807, 2.05) is 12.1 Å². The Labute approximate surface area is 166 Å². The van der Waals surface area contributed by atoms with Crippen LogP contribution in [0.3, 0.4) is 0 Å². The van der Waals surface area contributed by atoms with Crippen LogP contribution in [0, 0.1) is 0 Å². The van der Waals surface area contributed by atoms with Crippen molar-refractivity contribution in [2.45, 2.75) is 19.8 Å². The molecule has 2 aromatic rings. The van der Waals surface area contributed by atoms with Gasteiger partial charge in [-0.2, -0.15) is 0 Å². The zero-order valence-electron chi connectivity index (χ0n) is 14.0. The van der Waals surface area contributed by atoms with Gasteiger partial charge < -0.3 is 5.32 Å². The Bertz CT molecular complexity index is 921. The van der Waals surface area contributed by atoms with E-state index in [4.69, 9.17) is 34.8 Å². The number of nitrogens with one attached hydrogen (secondary N) is 1. The summed E-state index contributed by atoms with van der Waals surface area (Å²) in [5.41, 5.74) is 2.09. The Morgan fingerprint density at radius 3 is 2.12 bits per heavy atom. The number of carbonyl (C=O) groups excluding carboxylic acids is 2. The van der Waals surface area contributed by atoms with Gasteiger partial charge in [0, 0.05) is 5.69 Å². The molecular weight excluding hydrogens is 395 g/mol. The highest BCUT2D eigenvalue weighted by Crippen LogP contribution is 2.32.